The van der Waals surface area contributed by atoms with Gasteiger partial charge in [0.15, 0.2) is 0 Å². The number of phenols is 1. The Morgan fingerprint density at radius 2 is 2.06 bits per heavy atom. The fourth-order valence-corrected chi connectivity index (χ4v) is 1.10. The molecule has 0 saturated heterocycles. The molecular weight excluding hydrogens is 289 g/mol. The van der Waals surface area contributed by atoms with Gasteiger partial charge in [0.2, 0.25) is 0 Å². The molecule has 0 aliphatic heterocycles. The predicted octanol–water partition coefficient (Wildman–Crippen LogP) is 3.04. The molecule has 0 atom stereocenters. The van der Waals surface area contributed by atoms with Crippen LogP contribution in [-0.4, -0.2) is 16.8 Å². The van der Waals surface area contributed by atoms with Crippen molar-refractivity contribution in [2.75, 3.05) is 5.33 Å². The minimum absolute atomic E-state index is 0.0169. The quantitative estimate of drug-likeness (QED) is 0.637. The Balaban J connectivity index is 3.08. The first-order valence-electron chi connectivity index (χ1n) is 4.06. The summed E-state index contributed by atoms with van der Waals surface area (Å²) in [5.74, 6) is 4.37. The van der Waals surface area contributed by atoms with E-state index in [1.807, 2.05) is 0 Å². The fourth-order valence-electron chi connectivity index (χ4n) is 0.958. The van der Waals surface area contributed by atoms with Gasteiger partial charge in [-0.3, -0.25) is 0 Å². The number of phenolic OH excluding ortho intramolecular Hbond substituents is 1. The molecule has 1 aromatic carbocycles. The van der Waals surface area contributed by atoms with Gasteiger partial charge in [-0.05, 0) is 18.2 Å². The van der Waals surface area contributed by atoms with E-state index in [1.54, 1.807) is 0 Å². The highest BCUT2D eigenvalue weighted by molar-refractivity contribution is 9.09. The van der Waals surface area contributed by atoms with Crippen LogP contribution in [0.2, 0.25) is 0 Å². The molecule has 1 aromatic rings. The van der Waals surface area contributed by atoms with Gasteiger partial charge in [0.1, 0.15) is 11.5 Å². The van der Waals surface area contributed by atoms with Crippen LogP contribution >= 0.6 is 15.9 Å². The molecular formula is C10H6BrF3O2. The molecule has 2 nitrogen and oxygen atoms in total. The zero-order valence-electron chi connectivity index (χ0n) is 7.81. The molecule has 16 heavy (non-hydrogen) atoms. The second kappa shape index (κ2) is 5.12. The molecule has 0 unspecified atom stereocenters. The zero-order valence-corrected chi connectivity index (χ0v) is 9.39. The molecule has 0 heterocycles. The molecule has 0 spiro atoms. The van der Waals surface area contributed by atoms with Crippen LogP contribution < -0.4 is 4.74 Å². The number of hydrogen-bond donors (Lipinski definition) is 1. The van der Waals surface area contributed by atoms with Crippen molar-refractivity contribution in [2.45, 2.75) is 6.36 Å². The Bertz CT molecular complexity index is 432. The van der Waals surface area contributed by atoms with E-state index in [9.17, 15) is 13.2 Å². The third-order valence-corrected chi connectivity index (χ3v) is 1.76. The standard InChI is InChI=1S/C10H6BrF3O2/c11-5-1-2-7-6-8(15)3-4-9(7)16-10(12,13)14/h3-4,6,15H,5H2. The van der Waals surface area contributed by atoms with Crippen molar-refractivity contribution in [3.8, 4) is 23.3 Å². The van der Waals surface area contributed by atoms with Gasteiger partial charge in [0.25, 0.3) is 0 Å². The van der Waals surface area contributed by atoms with E-state index in [2.05, 4.69) is 32.5 Å². The summed E-state index contributed by atoms with van der Waals surface area (Å²) in [6.07, 6.45) is -4.78. The number of halogens is 4. The summed E-state index contributed by atoms with van der Waals surface area (Å²) >= 11 is 3.01. The lowest BCUT2D eigenvalue weighted by Gasteiger charge is -2.10. The molecule has 0 aliphatic carbocycles. The Morgan fingerprint density at radius 3 is 2.62 bits per heavy atom. The fraction of sp³-hybridized carbons (Fsp3) is 0.200. The van der Waals surface area contributed by atoms with Crippen molar-refractivity contribution >= 4 is 15.9 Å². The SMILES string of the molecule is Oc1ccc(OC(F)(F)F)c(C#CCBr)c1. The summed E-state index contributed by atoms with van der Waals surface area (Å²) in [6.45, 7) is 0. The zero-order chi connectivity index (χ0) is 12.2. The van der Waals surface area contributed by atoms with Gasteiger partial charge in [0, 0.05) is 0 Å². The van der Waals surface area contributed by atoms with E-state index >= 15 is 0 Å². The predicted molar refractivity (Wildman–Crippen MR) is 55.5 cm³/mol. The van der Waals surface area contributed by atoms with Gasteiger partial charge in [-0.1, -0.05) is 27.8 Å². The van der Waals surface area contributed by atoms with Crippen LogP contribution in [0.4, 0.5) is 13.2 Å². The largest absolute Gasteiger partial charge is 0.573 e. The highest BCUT2D eigenvalue weighted by Gasteiger charge is 2.32. The van der Waals surface area contributed by atoms with Gasteiger partial charge in [-0.25, -0.2) is 0 Å². The summed E-state index contributed by atoms with van der Waals surface area (Å²) in [4.78, 5) is 0. The maximum atomic E-state index is 12.0. The molecule has 0 fully saturated rings. The summed E-state index contributed by atoms with van der Waals surface area (Å²) in [5.41, 5.74) is -0.0169. The van der Waals surface area contributed by atoms with Gasteiger partial charge in [-0.15, -0.1) is 13.2 Å². The maximum Gasteiger partial charge on any atom is 0.573 e. The number of ether oxygens (including phenoxy) is 1. The van der Waals surface area contributed by atoms with Crippen LogP contribution in [0.5, 0.6) is 11.5 Å². The van der Waals surface area contributed by atoms with Crippen LogP contribution in [-0.2, 0) is 0 Å². The minimum Gasteiger partial charge on any atom is -0.508 e. The molecule has 1 rings (SSSR count). The second-order valence-corrected chi connectivity index (χ2v) is 3.22. The van der Waals surface area contributed by atoms with E-state index < -0.39 is 12.1 Å². The van der Waals surface area contributed by atoms with Crippen LogP contribution in [0.3, 0.4) is 0 Å². The molecule has 0 aliphatic rings. The molecule has 1 N–H and O–H groups in total. The van der Waals surface area contributed by atoms with Crippen molar-refractivity contribution in [3.05, 3.63) is 23.8 Å². The monoisotopic (exact) mass is 294 g/mol. The summed E-state index contributed by atoms with van der Waals surface area (Å²) < 4.78 is 39.8. The van der Waals surface area contributed by atoms with E-state index in [0.717, 1.165) is 18.2 Å². The van der Waals surface area contributed by atoms with Gasteiger partial charge < -0.3 is 9.84 Å². The van der Waals surface area contributed by atoms with E-state index in [4.69, 9.17) is 5.11 Å². The minimum atomic E-state index is -4.78. The van der Waals surface area contributed by atoms with Crippen LogP contribution in [0.1, 0.15) is 5.56 Å². The van der Waals surface area contributed by atoms with Crippen LogP contribution in [0.25, 0.3) is 0 Å². The van der Waals surface area contributed by atoms with Crippen molar-refractivity contribution < 1.29 is 23.0 Å². The topological polar surface area (TPSA) is 29.5 Å². The van der Waals surface area contributed by atoms with Crippen molar-refractivity contribution in [1.29, 1.82) is 0 Å². The highest BCUT2D eigenvalue weighted by atomic mass is 79.9. The average Bonchev–Trinajstić information content (AvgIpc) is 2.16. The molecule has 0 saturated carbocycles. The summed E-state index contributed by atoms with van der Waals surface area (Å²) in [7, 11) is 0. The van der Waals surface area contributed by atoms with Crippen LogP contribution in [0, 0.1) is 11.8 Å². The number of aromatic hydroxyl groups is 1. The molecule has 6 heteroatoms. The number of alkyl halides is 4. The van der Waals surface area contributed by atoms with Gasteiger partial charge >= 0.3 is 6.36 Å². The normalized spacial score (nSPS) is 10.5. The van der Waals surface area contributed by atoms with E-state index in [-0.39, 0.29) is 11.3 Å². The molecule has 0 bridgehead atoms. The number of benzene rings is 1. The first-order valence-corrected chi connectivity index (χ1v) is 5.18. The first-order chi connectivity index (χ1) is 7.42. The Kier molecular flexibility index (Phi) is 4.07. The van der Waals surface area contributed by atoms with Gasteiger partial charge in [-0.2, -0.15) is 0 Å². The van der Waals surface area contributed by atoms with Crippen molar-refractivity contribution in [1.82, 2.24) is 0 Å². The van der Waals surface area contributed by atoms with Crippen LogP contribution in [0.15, 0.2) is 18.2 Å². The lowest BCUT2D eigenvalue weighted by atomic mass is 10.2. The lowest BCUT2D eigenvalue weighted by Crippen LogP contribution is -2.17. The first kappa shape index (κ1) is 12.7. The highest BCUT2D eigenvalue weighted by Crippen LogP contribution is 2.28. The van der Waals surface area contributed by atoms with E-state index in [0.29, 0.717) is 5.33 Å². The lowest BCUT2D eigenvalue weighted by molar-refractivity contribution is -0.274. The van der Waals surface area contributed by atoms with Gasteiger partial charge in [0.05, 0.1) is 10.9 Å². The summed E-state index contributed by atoms with van der Waals surface area (Å²) in [6, 6.07) is 3.22. The van der Waals surface area contributed by atoms with E-state index in [1.165, 1.54) is 0 Å². The smallest absolute Gasteiger partial charge is 0.508 e. The van der Waals surface area contributed by atoms with Crippen molar-refractivity contribution in [2.24, 2.45) is 0 Å². The number of rotatable bonds is 1. The average molecular weight is 295 g/mol. The molecule has 0 radical (unpaired) electrons. The third kappa shape index (κ3) is 4.03. The second-order valence-electron chi connectivity index (χ2n) is 2.66. The Labute approximate surface area is 98.2 Å². The molecule has 0 amide bonds. The molecule has 0 aromatic heterocycles. The van der Waals surface area contributed by atoms with Crippen molar-refractivity contribution in [3.63, 3.8) is 0 Å². The Hall–Kier alpha value is -1.35. The molecule has 86 valence electrons. The summed E-state index contributed by atoms with van der Waals surface area (Å²) in [5, 5.41) is 9.43. The Morgan fingerprint density at radius 1 is 1.38 bits per heavy atom. The maximum absolute atomic E-state index is 12.0. The number of hydrogen-bond acceptors (Lipinski definition) is 2. The third-order valence-electron chi connectivity index (χ3n) is 1.48.